The van der Waals surface area contributed by atoms with E-state index in [2.05, 4.69) is 105 Å². The van der Waals surface area contributed by atoms with Gasteiger partial charge in [-0.2, -0.15) is 8.42 Å². The Morgan fingerprint density at radius 2 is 0.886 bits per heavy atom. The van der Waals surface area contributed by atoms with Crippen LogP contribution in [0.3, 0.4) is 0 Å². The van der Waals surface area contributed by atoms with Crippen molar-refractivity contribution < 1.29 is 13.0 Å². The first kappa shape index (κ1) is 35.7. The molecule has 4 aromatic carbocycles. The molecule has 0 unspecified atom stereocenters. The van der Waals surface area contributed by atoms with Crippen molar-refractivity contribution in [1.82, 2.24) is 0 Å². The van der Waals surface area contributed by atoms with Crippen LogP contribution in [-0.2, 0) is 16.5 Å². The van der Waals surface area contributed by atoms with E-state index in [0.717, 1.165) is 18.4 Å². The predicted octanol–water partition coefficient (Wildman–Crippen LogP) is 9.52. The van der Waals surface area contributed by atoms with E-state index >= 15 is 0 Å². The van der Waals surface area contributed by atoms with Crippen molar-refractivity contribution in [1.29, 1.82) is 0 Å². The Kier molecular flexibility index (Phi) is 15.9. The number of hydrogen-bond donors (Lipinski definition) is 1. The van der Waals surface area contributed by atoms with E-state index in [-0.39, 0.29) is 4.90 Å². The number of aryl methyl sites for hydroxylation is 1. The molecule has 5 heteroatoms. The fourth-order valence-electron chi connectivity index (χ4n) is 6.24. The second-order valence-corrected chi connectivity index (χ2v) is 17.2. The first-order valence-corrected chi connectivity index (χ1v) is 20.3. The van der Waals surface area contributed by atoms with Gasteiger partial charge in [-0.25, -0.2) is 0 Å². The molecule has 238 valence electrons. The molecule has 0 saturated heterocycles. The van der Waals surface area contributed by atoms with Gasteiger partial charge in [-0.15, -0.1) is 0 Å². The number of benzene rings is 4. The Bertz CT molecular complexity index is 1330. The van der Waals surface area contributed by atoms with Crippen LogP contribution in [0, 0.1) is 0 Å². The Hall–Kier alpha value is -2.78. The normalized spacial score (nSPS) is 11.9. The molecule has 0 heterocycles. The summed E-state index contributed by atoms with van der Waals surface area (Å²) < 4.78 is 31.8. The molecule has 3 nitrogen and oxygen atoms in total. The molecule has 0 spiro atoms. The maximum absolute atomic E-state index is 11.3. The molecule has 0 radical (unpaired) electrons. The molecule has 0 bridgehead atoms. The summed E-state index contributed by atoms with van der Waals surface area (Å²) in [5.41, 5.74) is 0.726. The predicted molar refractivity (Wildman–Crippen MR) is 194 cm³/mol. The molecule has 0 aromatic heterocycles. The van der Waals surface area contributed by atoms with Crippen LogP contribution in [0.1, 0.15) is 90.0 Å². The number of rotatable bonds is 17. The molecule has 0 aliphatic rings. The fourth-order valence-corrected chi connectivity index (χ4v) is 11.9. The Morgan fingerprint density at radius 1 is 0.500 bits per heavy atom. The molecule has 4 aromatic rings. The summed E-state index contributed by atoms with van der Waals surface area (Å²) in [5.74, 6) is 0. The van der Waals surface area contributed by atoms with Crippen molar-refractivity contribution in [2.24, 2.45) is 0 Å². The molecular weight excluding hydrogens is 579 g/mol. The Balaban J connectivity index is 0.000000240. The van der Waals surface area contributed by atoms with Gasteiger partial charge in [0.25, 0.3) is 10.1 Å². The standard InChI is InChI=1S/C21H23P.C18H30O3S/c1-2-18-22(19-12-6-3-7-13-19,20-14-8-4-9-15-20)21-16-10-5-11-17-21;1-2-3-4-5-6-7-8-9-10-11-14-17-15-12-13-16-18(17)22(19,20)21/h3-17,22H,2,18H2,1H3;12-13,15-16H,2-11,14H2,1H3,(H,19,20,21). The molecule has 0 aliphatic heterocycles. The molecule has 0 aliphatic carbocycles. The summed E-state index contributed by atoms with van der Waals surface area (Å²) in [5, 5.41) is 4.53. The summed E-state index contributed by atoms with van der Waals surface area (Å²) in [6.45, 7) is 4.54. The van der Waals surface area contributed by atoms with E-state index in [4.69, 9.17) is 0 Å². The minimum atomic E-state index is -4.10. The maximum atomic E-state index is 11.3. The molecule has 0 atom stereocenters. The Morgan fingerprint density at radius 3 is 1.30 bits per heavy atom. The van der Waals surface area contributed by atoms with Crippen molar-refractivity contribution in [3.63, 3.8) is 0 Å². The van der Waals surface area contributed by atoms with Gasteiger partial charge in [-0.3, -0.25) is 4.55 Å². The van der Waals surface area contributed by atoms with E-state index in [9.17, 15) is 13.0 Å². The molecule has 4 rings (SSSR count). The summed E-state index contributed by atoms with van der Waals surface area (Å²) >= 11 is 0. The number of hydrogen-bond acceptors (Lipinski definition) is 2. The zero-order valence-corrected chi connectivity index (χ0v) is 28.7. The van der Waals surface area contributed by atoms with Crippen LogP contribution in [0.15, 0.2) is 120 Å². The molecule has 0 amide bonds. The van der Waals surface area contributed by atoms with Gasteiger partial charge in [0.2, 0.25) is 0 Å². The summed E-state index contributed by atoms with van der Waals surface area (Å²) in [7, 11) is -6.02. The summed E-state index contributed by atoms with van der Waals surface area (Å²) in [4.78, 5) is 0.0610. The summed E-state index contributed by atoms with van der Waals surface area (Å²) in [6, 6.07) is 40.1. The number of unbranched alkanes of at least 4 members (excludes halogenated alkanes) is 9. The van der Waals surface area contributed by atoms with Gasteiger partial charge < -0.3 is 0 Å². The van der Waals surface area contributed by atoms with Crippen LogP contribution in [0.4, 0.5) is 0 Å². The average molecular weight is 633 g/mol. The monoisotopic (exact) mass is 632 g/mol. The van der Waals surface area contributed by atoms with Gasteiger partial charge >= 0.3 is 134 Å². The Labute approximate surface area is 268 Å². The van der Waals surface area contributed by atoms with Gasteiger partial charge in [0.05, 0.1) is 4.90 Å². The van der Waals surface area contributed by atoms with Crippen molar-refractivity contribution in [2.45, 2.75) is 95.8 Å². The van der Waals surface area contributed by atoms with Gasteiger partial charge in [-0.1, -0.05) is 82.9 Å². The van der Waals surface area contributed by atoms with Gasteiger partial charge in [0.15, 0.2) is 0 Å². The van der Waals surface area contributed by atoms with Crippen molar-refractivity contribution >= 4 is 33.3 Å². The first-order valence-electron chi connectivity index (χ1n) is 16.7. The third-order valence-corrected chi connectivity index (χ3v) is 14.6. The zero-order chi connectivity index (χ0) is 31.5. The average Bonchev–Trinajstić information content (AvgIpc) is 3.06. The molecule has 0 saturated carbocycles. The van der Waals surface area contributed by atoms with Crippen LogP contribution in [0.25, 0.3) is 0 Å². The summed E-state index contributed by atoms with van der Waals surface area (Å²) in [6.07, 6.45) is 15.8. The topological polar surface area (TPSA) is 54.4 Å². The van der Waals surface area contributed by atoms with Crippen molar-refractivity contribution in [2.75, 3.05) is 6.16 Å². The van der Waals surface area contributed by atoms with E-state index in [0.29, 0.717) is 6.42 Å². The SMILES string of the molecule is CCCCCCCCCCCCc1ccccc1S(=O)(=O)O.CCC[PH](c1ccccc1)(c1ccccc1)c1ccccc1. The van der Waals surface area contributed by atoms with E-state index < -0.39 is 17.4 Å². The molecule has 1 N–H and O–H groups in total. The first-order chi connectivity index (χ1) is 21.4. The van der Waals surface area contributed by atoms with Gasteiger partial charge in [0.1, 0.15) is 0 Å². The molecule has 0 fully saturated rings. The van der Waals surface area contributed by atoms with E-state index in [1.807, 2.05) is 6.07 Å². The van der Waals surface area contributed by atoms with Crippen molar-refractivity contribution in [3.8, 4) is 0 Å². The van der Waals surface area contributed by atoms with Gasteiger partial charge in [0, 0.05) is 0 Å². The van der Waals surface area contributed by atoms with E-state index in [1.54, 1.807) is 12.1 Å². The van der Waals surface area contributed by atoms with E-state index in [1.165, 1.54) is 85.9 Å². The van der Waals surface area contributed by atoms with Crippen LogP contribution < -0.4 is 15.9 Å². The fraction of sp³-hybridized carbons (Fsp3) is 0.385. The quantitative estimate of drug-likeness (QED) is 0.0717. The second-order valence-electron chi connectivity index (χ2n) is 11.8. The minimum absolute atomic E-state index is 0.0610. The van der Waals surface area contributed by atoms with Crippen molar-refractivity contribution in [3.05, 3.63) is 121 Å². The van der Waals surface area contributed by atoms with Crippen LogP contribution >= 0.6 is 7.26 Å². The zero-order valence-electron chi connectivity index (χ0n) is 26.8. The van der Waals surface area contributed by atoms with Gasteiger partial charge in [-0.05, 0) is 24.5 Å². The third kappa shape index (κ3) is 11.0. The molecular formula is C39H53O3PS. The van der Waals surface area contributed by atoms with Crippen LogP contribution in [0.2, 0.25) is 0 Å². The third-order valence-electron chi connectivity index (χ3n) is 8.47. The van der Waals surface area contributed by atoms with Crippen LogP contribution in [-0.4, -0.2) is 19.1 Å². The second kappa shape index (κ2) is 19.6. The van der Waals surface area contributed by atoms with Crippen LogP contribution in [0.5, 0.6) is 0 Å². The molecule has 44 heavy (non-hydrogen) atoms.